The van der Waals surface area contributed by atoms with E-state index in [1.54, 1.807) is 30.3 Å². The molecule has 0 bridgehead atoms. The van der Waals surface area contributed by atoms with Crippen LogP contribution in [-0.4, -0.2) is 44.3 Å². The van der Waals surface area contributed by atoms with Crippen molar-refractivity contribution in [3.8, 4) is 0 Å². The minimum atomic E-state index is -4.14. The predicted molar refractivity (Wildman–Crippen MR) is 183 cm³/mol. The van der Waals surface area contributed by atoms with E-state index in [0.29, 0.717) is 18.7 Å². The minimum Gasteiger partial charge on any atom is -0.354 e. The quantitative estimate of drug-likeness (QED) is 0.140. The molecule has 0 aromatic heterocycles. The number of sulfonamides is 1. The van der Waals surface area contributed by atoms with Gasteiger partial charge >= 0.3 is 0 Å². The summed E-state index contributed by atoms with van der Waals surface area (Å²) in [6, 6.07) is 31.6. The number of halogens is 1. The molecule has 0 saturated heterocycles. The Bertz CT molecular complexity index is 1670. The number of amides is 2. The summed E-state index contributed by atoms with van der Waals surface area (Å²) in [5.74, 6) is -0.756. The fraction of sp³-hybridized carbons (Fsp3) is 0.278. The summed E-state index contributed by atoms with van der Waals surface area (Å²) >= 11 is 3.52. The van der Waals surface area contributed by atoms with Crippen LogP contribution in [0, 0.1) is 0 Å². The second kappa shape index (κ2) is 16.4. The van der Waals surface area contributed by atoms with Gasteiger partial charge in [0.1, 0.15) is 12.6 Å². The third-order valence-electron chi connectivity index (χ3n) is 7.59. The van der Waals surface area contributed by atoms with Gasteiger partial charge in [0.05, 0.1) is 10.6 Å². The highest BCUT2D eigenvalue weighted by molar-refractivity contribution is 9.10. The van der Waals surface area contributed by atoms with E-state index in [2.05, 4.69) is 21.2 Å². The van der Waals surface area contributed by atoms with E-state index in [9.17, 15) is 18.0 Å². The Morgan fingerprint density at radius 1 is 0.822 bits per heavy atom. The number of nitrogens with zero attached hydrogens (tertiary/aromatic N) is 2. The summed E-state index contributed by atoms with van der Waals surface area (Å²) < 4.78 is 30.4. The van der Waals surface area contributed by atoms with E-state index in [1.807, 2.05) is 80.6 Å². The van der Waals surface area contributed by atoms with Gasteiger partial charge in [0.25, 0.3) is 10.0 Å². The van der Waals surface area contributed by atoms with Gasteiger partial charge in [-0.3, -0.25) is 13.9 Å². The second-order valence-electron chi connectivity index (χ2n) is 10.8. The maximum Gasteiger partial charge on any atom is 0.264 e. The maximum absolute atomic E-state index is 14.6. The van der Waals surface area contributed by atoms with Crippen LogP contribution in [0.2, 0.25) is 0 Å². The van der Waals surface area contributed by atoms with Crippen LogP contribution in [0.15, 0.2) is 119 Å². The number of nitrogens with one attached hydrogen (secondary N) is 1. The lowest BCUT2D eigenvalue weighted by atomic mass is 10.0. The number of hydrogen-bond acceptors (Lipinski definition) is 4. The largest absolute Gasteiger partial charge is 0.354 e. The molecule has 1 atom stereocenters. The smallest absolute Gasteiger partial charge is 0.264 e. The van der Waals surface area contributed by atoms with Crippen molar-refractivity contribution >= 4 is 43.5 Å². The standard InChI is InChI=1S/C36H40BrN3O4S/c1-3-5-23-38-36(42)34(25-28-15-8-6-9-16-28)39(26-29-17-14-19-31(37)24-29)35(41)27-40(33-22-13-12-18-30(33)4-2)45(43,44)32-20-10-7-11-21-32/h6-22,24,34H,3-5,23,25-27H2,1-2H3,(H,38,42). The van der Waals surface area contributed by atoms with E-state index in [-0.39, 0.29) is 23.8 Å². The molecule has 2 amide bonds. The number of aryl methyl sites for hydroxylation is 1. The van der Waals surface area contributed by atoms with Crippen molar-refractivity contribution in [3.63, 3.8) is 0 Å². The van der Waals surface area contributed by atoms with Gasteiger partial charge in [-0.05, 0) is 59.9 Å². The number of anilines is 1. The van der Waals surface area contributed by atoms with Gasteiger partial charge in [-0.2, -0.15) is 0 Å². The van der Waals surface area contributed by atoms with Gasteiger partial charge in [0, 0.05) is 24.0 Å². The third kappa shape index (κ3) is 9.05. The van der Waals surface area contributed by atoms with E-state index in [4.69, 9.17) is 0 Å². The highest BCUT2D eigenvalue weighted by Crippen LogP contribution is 2.28. The van der Waals surface area contributed by atoms with Crippen molar-refractivity contribution in [1.29, 1.82) is 0 Å². The molecule has 0 heterocycles. The molecule has 9 heteroatoms. The number of rotatable bonds is 15. The Labute approximate surface area is 275 Å². The van der Waals surface area contributed by atoms with Gasteiger partial charge in [0.15, 0.2) is 0 Å². The van der Waals surface area contributed by atoms with Crippen molar-refractivity contribution in [2.75, 3.05) is 17.4 Å². The molecule has 1 N–H and O–H groups in total. The Kier molecular flexibility index (Phi) is 12.4. The van der Waals surface area contributed by atoms with Crippen LogP contribution in [0.1, 0.15) is 43.4 Å². The second-order valence-corrected chi connectivity index (χ2v) is 13.6. The molecule has 0 aliphatic carbocycles. The van der Waals surface area contributed by atoms with Crippen LogP contribution in [0.3, 0.4) is 0 Å². The zero-order chi connectivity index (χ0) is 32.2. The molecule has 4 aromatic carbocycles. The molecule has 4 rings (SSSR count). The number of hydrogen-bond donors (Lipinski definition) is 1. The van der Waals surface area contributed by atoms with E-state index in [0.717, 1.165) is 34.0 Å². The van der Waals surface area contributed by atoms with E-state index < -0.39 is 28.5 Å². The number of benzene rings is 4. The van der Waals surface area contributed by atoms with Crippen LogP contribution in [0.25, 0.3) is 0 Å². The van der Waals surface area contributed by atoms with Gasteiger partial charge in [-0.15, -0.1) is 0 Å². The third-order valence-corrected chi connectivity index (χ3v) is 9.86. The molecule has 1 unspecified atom stereocenters. The highest BCUT2D eigenvalue weighted by atomic mass is 79.9. The Balaban J connectivity index is 1.81. The normalized spacial score (nSPS) is 11.9. The average Bonchev–Trinajstić information content (AvgIpc) is 3.06. The number of unbranched alkanes of at least 4 members (excludes halogenated alkanes) is 1. The Hall–Kier alpha value is -3.95. The topological polar surface area (TPSA) is 86.8 Å². The molecular formula is C36H40BrN3O4S. The molecule has 0 radical (unpaired) electrons. The Morgan fingerprint density at radius 3 is 2.13 bits per heavy atom. The number of carbonyl (C=O) groups is 2. The molecule has 0 aliphatic rings. The molecule has 0 fully saturated rings. The van der Waals surface area contributed by atoms with Crippen molar-refractivity contribution in [2.45, 2.75) is 57.0 Å². The first-order valence-corrected chi connectivity index (χ1v) is 17.5. The highest BCUT2D eigenvalue weighted by Gasteiger charge is 2.35. The van der Waals surface area contributed by atoms with Crippen molar-refractivity contribution in [1.82, 2.24) is 10.2 Å². The minimum absolute atomic E-state index is 0.0837. The lowest BCUT2D eigenvalue weighted by Gasteiger charge is -2.34. The molecule has 0 saturated carbocycles. The number of para-hydroxylation sites is 1. The van der Waals surface area contributed by atoms with E-state index in [1.165, 1.54) is 21.3 Å². The summed E-state index contributed by atoms with van der Waals surface area (Å²) in [4.78, 5) is 30.1. The summed E-state index contributed by atoms with van der Waals surface area (Å²) in [7, 11) is -4.14. The van der Waals surface area contributed by atoms with Crippen molar-refractivity contribution in [3.05, 3.63) is 130 Å². The van der Waals surface area contributed by atoms with Crippen LogP contribution in [0.4, 0.5) is 5.69 Å². The first kappa shape index (κ1) is 33.9. The molecule has 0 aliphatic heterocycles. The monoisotopic (exact) mass is 689 g/mol. The van der Waals surface area contributed by atoms with Crippen LogP contribution in [-0.2, 0) is 39.0 Å². The predicted octanol–water partition coefficient (Wildman–Crippen LogP) is 6.76. The summed E-state index contributed by atoms with van der Waals surface area (Å²) in [5, 5.41) is 3.02. The first-order valence-electron chi connectivity index (χ1n) is 15.3. The number of carbonyl (C=O) groups excluding carboxylic acids is 2. The lowest BCUT2D eigenvalue weighted by molar-refractivity contribution is -0.140. The van der Waals surface area contributed by atoms with Gasteiger partial charge in [-0.1, -0.05) is 115 Å². The fourth-order valence-corrected chi connectivity index (χ4v) is 7.10. The van der Waals surface area contributed by atoms with Crippen LogP contribution in [0.5, 0.6) is 0 Å². The van der Waals surface area contributed by atoms with Gasteiger partial charge in [0.2, 0.25) is 11.8 Å². The zero-order valence-electron chi connectivity index (χ0n) is 25.7. The first-order chi connectivity index (χ1) is 21.7. The summed E-state index contributed by atoms with van der Waals surface area (Å²) in [5.41, 5.74) is 2.93. The van der Waals surface area contributed by atoms with Crippen LogP contribution < -0.4 is 9.62 Å². The van der Waals surface area contributed by atoms with Gasteiger partial charge in [-0.25, -0.2) is 8.42 Å². The lowest BCUT2D eigenvalue weighted by Crippen LogP contribution is -2.53. The van der Waals surface area contributed by atoms with Crippen LogP contribution >= 0.6 is 15.9 Å². The molecular weight excluding hydrogens is 650 g/mol. The molecule has 4 aromatic rings. The van der Waals surface area contributed by atoms with Gasteiger partial charge < -0.3 is 10.2 Å². The fourth-order valence-electron chi connectivity index (χ4n) is 5.18. The van der Waals surface area contributed by atoms with Crippen molar-refractivity contribution in [2.24, 2.45) is 0 Å². The SMILES string of the molecule is CCCCNC(=O)C(Cc1ccccc1)N(Cc1cccc(Br)c1)C(=O)CN(c1ccccc1CC)S(=O)(=O)c1ccccc1. The molecule has 45 heavy (non-hydrogen) atoms. The molecule has 7 nitrogen and oxygen atoms in total. The average molecular weight is 691 g/mol. The van der Waals surface area contributed by atoms with E-state index >= 15 is 0 Å². The Morgan fingerprint density at radius 2 is 1.47 bits per heavy atom. The maximum atomic E-state index is 14.6. The summed E-state index contributed by atoms with van der Waals surface area (Å²) in [6.07, 6.45) is 2.56. The van der Waals surface area contributed by atoms with Crippen molar-refractivity contribution < 1.29 is 18.0 Å². The molecule has 0 spiro atoms. The zero-order valence-corrected chi connectivity index (χ0v) is 28.1. The molecule has 236 valence electrons. The summed E-state index contributed by atoms with van der Waals surface area (Å²) in [6.45, 7) is 4.12.